The summed E-state index contributed by atoms with van der Waals surface area (Å²) in [4.78, 5) is 13.2. The molecule has 0 saturated carbocycles. The zero-order valence-electron chi connectivity index (χ0n) is 9.47. The van der Waals surface area contributed by atoms with E-state index in [9.17, 15) is 4.79 Å². The monoisotopic (exact) mass is 219 g/mol. The zero-order chi connectivity index (χ0) is 11.5. The lowest BCUT2D eigenvalue weighted by atomic mass is 9.99. The van der Waals surface area contributed by atoms with Gasteiger partial charge in [0.15, 0.2) is 0 Å². The maximum Gasteiger partial charge on any atom is 0.308 e. The van der Waals surface area contributed by atoms with Gasteiger partial charge in [0.2, 0.25) is 0 Å². The molecule has 0 unspecified atom stereocenters. The Balaban J connectivity index is 1.96. The molecule has 2 rings (SSSR count). The number of carboxylic acids is 1. The number of benzene rings is 1. The Morgan fingerprint density at radius 3 is 2.62 bits per heavy atom. The molecule has 0 radical (unpaired) electrons. The molecular formula is C13H17NO2. The van der Waals surface area contributed by atoms with Crippen LogP contribution in [0.3, 0.4) is 0 Å². The van der Waals surface area contributed by atoms with E-state index in [0.717, 1.165) is 13.1 Å². The molecule has 0 aromatic heterocycles. The summed E-state index contributed by atoms with van der Waals surface area (Å²) in [6, 6.07) is 10.2. The molecule has 1 aliphatic rings. The molecule has 3 heteroatoms. The molecule has 3 nitrogen and oxygen atoms in total. The van der Waals surface area contributed by atoms with Gasteiger partial charge >= 0.3 is 5.97 Å². The van der Waals surface area contributed by atoms with Gasteiger partial charge in [0.05, 0.1) is 5.92 Å². The van der Waals surface area contributed by atoms with Crippen molar-refractivity contribution in [2.24, 2.45) is 11.8 Å². The molecule has 1 heterocycles. The summed E-state index contributed by atoms with van der Waals surface area (Å²) in [5.74, 6) is -0.618. The van der Waals surface area contributed by atoms with Crippen LogP contribution in [-0.4, -0.2) is 29.1 Å². The lowest BCUT2D eigenvalue weighted by Gasteiger charge is -2.14. The number of hydrogen-bond donors (Lipinski definition) is 1. The van der Waals surface area contributed by atoms with Gasteiger partial charge in [0.25, 0.3) is 0 Å². The Kier molecular flexibility index (Phi) is 3.25. The van der Waals surface area contributed by atoms with E-state index in [1.54, 1.807) is 0 Å². The second-order valence-corrected chi connectivity index (χ2v) is 4.60. The highest BCUT2D eigenvalue weighted by Crippen LogP contribution is 2.24. The lowest BCUT2D eigenvalue weighted by Crippen LogP contribution is -2.23. The van der Waals surface area contributed by atoms with E-state index >= 15 is 0 Å². The first-order valence-corrected chi connectivity index (χ1v) is 5.66. The van der Waals surface area contributed by atoms with Gasteiger partial charge in [-0.1, -0.05) is 37.3 Å². The number of rotatable bonds is 3. The second kappa shape index (κ2) is 4.66. The van der Waals surface area contributed by atoms with Crippen molar-refractivity contribution in [3.8, 4) is 0 Å². The minimum atomic E-state index is -0.664. The fraction of sp³-hybridized carbons (Fsp3) is 0.462. The van der Waals surface area contributed by atoms with Gasteiger partial charge in [0.1, 0.15) is 0 Å². The SMILES string of the molecule is C[C@H]1CN(Cc2ccccc2)C[C@H]1C(=O)O. The van der Waals surface area contributed by atoms with Crippen LogP contribution < -0.4 is 0 Å². The highest BCUT2D eigenvalue weighted by atomic mass is 16.4. The van der Waals surface area contributed by atoms with Gasteiger partial charge in [-0.25, -0.2) is 0 Å². The molecule has 1 aliphatic heterocycles. The first kappa shape index (κ1) is 11.1. The Hall–Kier alpha value is -1.35. The Morgan fingerprint density at radius 2 is 2.06 bits per heavy atom. The molecule has 0 aliphatic carbocycles. The summed E-state index contributed by atoms with van der Waals surface area (Å²) in [7, 11) is 0. The van der Waals surface area contributed by atoms with Crippen molar-refractivity contribution in [1.82, 2.24) is 4.90 Å². The van der Waals surface area contributed by atoms with E-state index in [4.69, 9.17) is 5.11 Å². The van der Waals surface area contributed by atoms with Crippen LogP contribution >= 0.6 is 0 Å². The standard InChI is InChI=1S/C13H17NO2/c1-10-7-14(9-12(10)13(15)16)8-11-5-3-2-4-6-11/h2-6,10,12H,7-9H2,1H3,(H,15,16)/t10-,12+/m0/s1. The summed E-state index contributed by atoms with van der Waals surface area (Å²) in [6.45, 7) is 4.43. The van der Waals surface area contributed by atoms with Gasteiger partial charge in [-0.3, -0.25) is 9.69 Å². The summed E-state index contributed by atoms with van der Waals surface area (Å²) < 4.78 is 0. The third-order valence-electron chi connectivity index (χ3n) is 3.25. The molecule has 0 bridgehead atoms. The minimum Gasteiger partial charge on any atom is -0.481 e. The van der Waals surface area contributed by atoms with Crippen LogP contribution in [0.15, 0.2) is 30.3 Å². The largest absolute Gasteiger partial charge is 0.481 e. The van der Waals surface area contributed by atoms with Crippen molar-refractivity contribution >= 4 is 5.97 Å². The zero-order valence-corrected chi connectivity index (χ0v) is 9.47. The summed E-state index contributed by atoms with van der Waals surface area (Å²) in [5, 5.41) is 9.04. The maximum atomic E-state index is 11.0. The molecule has 16 heavy (non-hydrogen) atoms. The van der Waals surface area contributed by atoms with Crippen LogP contribution in [0.5, 0.6) is 0 Å². The van der Waals surface area contributed by atoms with Crippen molar-refractivity contribution < 1.29 is 9.90 Å². The fourth-order valence-electron chi connectivity index (χ4n) is 2.36. The van der Waals surface area contributed by atoms with Gasteiger partial charge in [-0.05, 0) is 11.5 Å². The number of carbonyl (C=O) groups is 1. The highest BCUT2D eigenvalue weighted by Gasteiger charge is 2.34. The molecule has 1 aromatic rings. The van der Waals surface area contributed by atoms with Crippen LogP contribution in [0, 0.1) is 11.8 Å². The van der Waals surface area contributed by atoms with Crippen molar-refractivity contribution in [3.63, 3.8) is 0 Å². The summed E-state index contributed by atoms with van der Waals surface area (Å²) >= 11 is 0. The average molecular weight is 219 g/mol. The molecule has 0 amide bonds. The molecule has 1 aromatic carbocycles. The smallest absolute Gasteiger partial charge is 0.308 e. The van der Waals surface area contributed by atoms with Crippen LogP contribution in [0.4, 0.5) is 0 Å². The van der Waals surface area contributed by atoms with Crippen molar-refractivity contribution in [2.75, 3.05) is 13.1 Å². The Morgan fingerprint density at radius 1 is 1.38 bits per heavy atom. The lowest BCUT2D eigenvalue weighted by molar-refractivity contribution is -0.142. The Labute approximate surface area is 95.7 Å². The molecule has 1 N–H and O–H groups in total. The minimum absolute atomic E-state index is 0.205. The van der Waals surface area contributed by atoms with E-state index in [1.165, 1.54) is 5.56 Å². The number of nitrogens with zero attached hydrogens (tertiary/aromatic N) is 1. The molecule has 1 fully saturated rings. The molecule has 2 atom stereocenters. The number of carboxylic acid groups (broad SMARTS) is 1. The first-order chi connectivity index (χ1) is 7.66. The van der Waals surface area contributed by atoms with Gasteiger partial charge in [0, 0.05) is 19.6 Å². The van der Waals surface area contributed by atoms with Crippen LogP contribution in [-0.2, 0) is 11.3 Å². The number of aliphatic carboxylic acids is 1. The van der Waals surface area contributed by atoms with Gasteiger partial charge in [-0.15, -0.1) is 0 Å². The van der Waals surface area contributed by atoms with Crippen molar-refractivity contribution in [1.29, 1.82) is 0 Å². The van der Waals surface area contributed by atoms with E-state index in [1.807, 2.05) is 25.1 Å². The van der Waals surface area contributed by atoms with E-state index in [2.05, 4.69) is 17.0 Å². The normalized spacial score (nSPS) is 25.8. The van der Waals surface area contributed by atoms with E-state index in [0.29, 0.717) is 6.54 Å². The number of hydrogen-bond acceptors (Lipinski definition) is 2. The van der Waals surface area contributed by atoms with Crippen molar-refractivity contribution in [3.05, 3.63) is 35.9 Å². The average Bonchev–Trinajstić information content (AvgIpc) is 2.61. The first-order valence-electron chi connectivity index (χ1n) is 5.66. The summed E-state index contributed by atoms with van der Waals surface area (Å²) in [5.41, 5.74) is 1.25. The van der Waals surface area contributed by atoms with Gasteiger partial charge < -0.3 is 5.11 Å². The maximum absolute atomic E-state index is 11.0. The van der Waals surface area contributed by atoms with E-state index < -0.39 is 5.97 Å². The molecule has 1 saturated heterocycles. The van der Waals surface area contributed by atoms with E-state index in [-0.39, 0.29) is 11.8 Å². The molecule has 86 valence electrons. The predicted molar refractivity (Wildman–Crippen MR) is 62.0 cm³/mol. The van der Waals surface area contributed by atoms with Crippen LogP contribution in [0.1, 0.15) is 12.5 Å². The topological polar surface area (TPSA) is 40.5 Å². The third-order valence-corrected chi connectivity index (χ3v) is 3.25. The summed E-state index contributed by atoms with van der Waals surface area (Å²) in [6.07, 6.45) is 0. The molecular weight excluding hydrogens is 202 g/mol. The fourth-order valence-corrected chi connectivity index (χ4v) is 2.36. The Bertz CT molecular complexity index is 363. The van der Waals surface area contributed by atoms with Crippen LogP contribution in [0.2, 0.25) is 0 Å². The third kappa shape index (κ3) is 2.42. The van der Waals surface area contributed by atoms with Crippen molar-refractivity contribution in [2.45, 2.75) is 13.5 Å². The quantitative estimate of drug-likeness (QED) is 0.843. The molecule has 0 spiro atoms. The van der Waals surface area contributed by atoms with Crippen LogP contribution in [0.25, 0.3) is 0 Å². The number of likely N-dealkylation sites (tertiary alicyclic amines) is 1. The van der Waals surface area contributed by atoms with Gasteiger partial charge in [-0.2, -0.15) is 0 Å². The predicted octanol–water partition coefficient (Wildman–Crippen LogP) is 1.84. The highest BCUT2D eigenvalue weighted by molar-refractivity contribution is 5.71. The second-order valence-electron chi connectivity index (χ2n) is 4.60.